The summed E-state index contributed by atoms with van der Waals surface area (Å²) < 4.78 is 5.58. The Kier molecular flexibility index (Phi) is 7.52. The zero-order chi connectivity index (χ0) is 8.97. The van der Waals surface area contributed by atoms with Crippen LogP contribution in [-0.4, -0.2) is 58.7 Å². The van der Waals surface area contributed by atoms with E-state index in [4.69, 9.17) is 4.74 Å². The van der Waals surface area contributed by atoms with Crippen molar-refractivity contribution in [3.63, 3.8) is 0 Å². The van der Waals surface area contributed by atoms with Gasteiger partial charge in [0, 0.05) is 0 Å². The summed E-state index contributed by atoms with van der Waals surface area (Å²) in [5.74, 6) is 0.468. The summed E-state index contributed by atoms with van der Waals surface area (Å²) in [7, 11) is 0. The van der Waals surface area contributed by atoms with Crippen molar-refractivity contribution in [3.05, 3.63) is 30.3 Å². The third kappa shape index (κ3) is 5.26. The third-order valence-corrected chi connectivity index (χ3v) is 1.44. The Morgan fingerprint density at radius 3 is 2.23 bits per heavy atom. The van der Waals surface area contributed by atoms with E-state index in [1.165, 1.54) is 0 Å². The molecular formula is C7H9BaNO2S2. The van der Waals surface area contributed by atoms with Crippen molar-refractivity contribution < 1.29 is 9.53 Å². The molecule has 0 atom stereocenters. The molecule has 0 aliphatic rings. The number of para-hydroxylation sites is 1. The Morgan fingerprint density at radius 1 is 1.23 bits per heavy atom. The first-order chi connectivity index (χ1) is 5.70. The SMILES string of the molecule is O=C(Oc1ccccc1)N(S)S.[BaH2]. The molecule has 1 aromatic carbocycles. The number of hydrogen-bond donors (Lipinski definition) is 2. The van der Waals surface area contributed by atoms with Crippen LogP contribution in [0.5, 0.6) is 5.75 Å². The first kappa shape index (κ1) is 13.8. The predicted octanol–water partition coefficient (Wildman–Crippen LogP) is 1.26. The average molecular weight is 341 g/mol. The van der Waals surface area contributed by atoms with E-state index in [1.807, 2.05) is 6.07 Å². The average Bonchev–Trinajstić information content (AvgIpc) is 2.06. The van der Waals surface area contributed by atoms with E-state index in [2.05, 4.69) is 25.6 Å². The van der Waals surface area contributed by atoms with Crippen LogP contribution in [-0.2, 0) is 0 Å². The second kappa shape index (κ2) is 7.11. The van der Waals surface area contributed by atoms with Gasteiger partial charge in [-0.1, -0.05) is 18.2 Å². The number of hydrogen-bond acceptors (Lipinski definition) is 4. The molecule has 0 radical (unpaired) electrons. The summed E-state index contributed by atoms with van der Waals surface area (Å²) in [4.78, 5) is 10.9. The molecule has 3 nitrogen and oxygen atoms in total. The van der Waals surface area contributed by atoms with Crippen LogP contribution in [0, 0.1) is 0 Å². The normalized spacial score (nSPS) is 8.46. The zero-order valence-corrected chi connectivity index (χ0v) is 7.83. The first-order valence-electron chi connectivity index (χ1n) is 3.15. The van der Waals surface area contributed by atoms with Gasteiger partial charge >= 0.3 is 55.0 Å². The number of thiol groups is 2. The zero-order valence-electron chi connectivity index (χ0n) is 6.04. The van der Waals surface area contributed by atoms with E-state index in [0.717, 1.165) is 3.71 Å². The molecule has 0 aromatic heterocycles. The van der Waals surface area contributed by atoms with Crippen LogP contribution in [0.2, 0.25) is 0 Å². The number of ether oxygens (including phenoxy) is 1. The van der Waals surface area contributed by atoms with Crippen molar-refractivity contribution in [2.75, 3.05) is 0 Å². The molecule has 0 unspecified atom stereocenters. The van der Waals surface area contributed by atoms with E-state index in [9.17, 15) is 4.79 Å². The van der Waals surface area contributed by atoms with Crippen LogP contribution < -0.4 is 4.74 Å². The van der Waals surface area contributed by atoms with Crippen LogP contribution in [0.15, 0.2) is 30.3 Å². The molecule has 68 valence electrons. The number of benzene rings is 1. The monoisotopic (exact) mass is 341 g/mol. The molecule has 0 aliphatic heterocycles. The molecule has 0 fully saturated rings. The van der Waals surface area contributed by atoms with Crippen molar-refractivity contribution in [2.45, 2.75) is 0 Å². The molecule has 1 amide bonds. The van der Waals surface area contributed by atoms with Crippen molar-refractivity contribution in [3.8, 4) is 5.75 Å². The van der Waals surface area contributed by atoms with Crippen LogP contribution in [0.3, 0.4) is 0 Å². The van der Waals surface area contributed by atoms with Crippen molar-refractivity contribution >= 4 is 80.6 Å². The number of amides is 1. The first-order valence-corrected chi connectivity index (χ1v) is 3.95. The fraction of sp³-hybridized carbons (Fsp3) is 0. The fourth-order valence-corrected chi connectivity index (χ4v) is 0.712. The number of carbonyl (C=O) groups excluding carboxylic acids is 1. The molecule has 0 saturated carbocycles. The summed E-state index contributed by atoms with van der Waals surface area (Å²) in [6, 6.07) is 8.70. The Hall–Kier alpha value is 0.761. The molecule has 0 bridgehead atoms. The molecule has 1 rings (SSSR count). The van der Waals surface area contributed by atoms with Crippen molar-refractivity contribution in [2.24, 2.45) is 0 Å². The van der Waals surface area contributed by atoms with Gasteiger partial charge in [0.05, 0.1) is 0 Å². The Morgan fingerprint density at radius 2 is 1.77 bits per heavy atom. The summed E-state index contributed by atoms with van der Waals surface area (Å²) in [6.07, 6.45) is -0.632. The summed E-state index contributed by atoms with van der Waals surface area (Å²) >= 11 is 7.29. The molecular weight excluding hydrogens is 332 g/mol. The van der Waals surface area contributed by atoms with Gasteiger partial charge in [-0.25, -0.2) is 4.79 Å². The van der Waals surface area contributed by atoms with Crippen LogP contribution in [0.1, 0.15) is 0 Å². The van der Waals surface area contributed by atoms with E-state index < -0.39 is 6.09 Å². The Labute approximate surface area is 128 Å². The standard InChI is InChI=1S/C7H7NO2S2.Ba.2H/c9-7(8(11)12)10-6-4-2-1-3-5-6;;;/h1-5,11-12H;;;. The van der Waals surface area contributed by atoms with Gasteiger partial charge in [-0.05, 0) is 37.8 Å². The number of rotatable bonds is 1. The molecule has 0 aliphatic carbocycles. The second-order valence-electron chi connectivity index (χ2n) is 1.97. The van der Waals surface area contributed by atoms with Crippen LogP contribution in [0.25, 0.3) is 0 Å². The van der Waals surface area contributed by atoms with Crippen molar-refractivity contribution in [1.82, 2.24) is 3.71 Å². The summed E-state index contributed by atoms with van der Waals surface area (Å²) in [6.45, 7) is 0. The second-order valence-corrected chi connectivity index (χ2v) is 3.09. The van der Waals surface area contributed by atoms with Gasteiger partial charge in [0.25, 0.3) is 0 Å². The Balaban J connectivity index is 0.00000144. The molecule has 13 heavy (non-hydrogen) atoms. The number of nitrogens with zero attached hydrogens (tertiary/aromatic N) is 1. The van der Waals surface area contributed by atoms with E-state index in [-0.39, 0.29) is 48.9 Å². The molecule has 0 spiro atoms. The minimum absolute atomic E-state index is 0. The molecule has 1 aromatic rings. The van der Waals surface area contributed by atoms with E-state index in [1.54, 1.807) is 24.3 Å². The van der Waals surface area contributed by atoms with Gasteiger partial charge in [-0.15, -0.1) is 0 Å². The fourth-order valence-electron chi connectivity index (χ4n) is 0.630. The van der Waals surface area contributed by atoms with Gasteiger partial charge in [0.1, 0.15) is 5.75 Å². The van der Waals surface area contributed by atoms with Gasteiger partial charge in [0.2, 0.25) is 0 Å². The molecule has 0 N–H and O–H groups in total. The van der Waals surface area contributed by atoms with Gasteiger partial charge < -0.3 is 4.74 Å². The topological polar surface area (TPSA) is 29.5 Å². The van der Waals surface area contributed by atoms with Gasteiger partial charge in [0.15, 0.2) is 0 Å². The van der Waals surface area contributed by atoms with Gasteiger partial charge in [-0.3, -0.25) is 0 Å². The molecule has 0 heterocycles. The van der Waals surface area contributed by atoms with Crippen LogP contribution >= 0.6 is 25.6 Å². The van der Waals surface area contributed by atoms with Crippen molar-refractivity contribution in [1.29, 1.82) is 0 Å². The summed E-state index contributed by atoms with van der Waals surface area (Å²) in [5.41, 5.74) is 0. The van der Waals surface area contributed by atoms with Gasteiger partial charge in [-0.2, -0.15) is 3.71 Å². The summed E-state index contributed by atoms with van der Waals surface area (Å²) in [5, 5.41) is 0. The Bertz CT molecular complexity index is 268. The quantitative estimate of drug-likeness (QED) is 0.595. The maximum absolute atomic E-state index is 10.9. The van der Waals surface area contributed by atoms with E-state index in [0.29, 0.717) is 5.75 Å². The minimum atomic E-state index is -0.632. The predicted molar refractivity (Wildman–Crippen MR) is 60.8 cm³/mol. The third-order valence-electron chi connectivity index (χ3n) is 1.11. The maximum atomic E-state index is 10.9. The number of carbonyl (C=O) groups is 1. The molecule has 6 heteroatoms. The molecule has 0 saturated heterocycles. The van der Waals surface area contributed by atoms with Crippen LogP contribution in [0.4, 0.5) is 4.79 Å². The van der Waals surface area contributed by atoms with E-state index >= 15 is 0 Å².